The molecule has 4 heterocycles. The number of pyridine rings is 2. The molecule has 1 fully saturated rings. The van der Waals surface area contributed by atoms with Crippen LogP contribution in [0.2, 0.25) is 0 Å². The fourth-order valence-corrected chi connectivity index (χ4v) is 4.72. The third-order valence-electron chi connectivity index (χ3n) is 6.77. The van der Waals surface area contributed by atoms with E-state index in [1.54, 1.807) is 7.11 Å². The number of likely N-dealkylation sites (tertiary alicyclic amines) is 1. The van der Waals surface area contributed by atoms with E-state index in [9.17, 15) is 0 Å². The van der Waals surface area contributed by atoms with Gasteiger partial charge in [-0.05, 0) is 63.3 Å². The maximum absolute atomic E-state index is 5.19. The summed E-state index contributed by atoms with van der Waals surface area (Å²) < 4.78 is 5.19. The smallest absolute Gasteiger partial charge is 0.212 e. The lowest BCUT2D eigenvalue weighted by Gasteiger charge is -2.35. The zero-order valence-electron chi connectivity index (χ0n) is 19.6. The molecule has 0 spiro atoms. The van der Waals surface area contributed by atoms with Crippen LogP contribution in [0, 0.1) is 0 Å². The minimum atomic E-state index is 0.611. The molecule has 4 aromatic rings. The molecule has 3 aromatic heterocycles. The minimum absolute atomic E-state index is 0.611. The second kappa shape index (κ2) is 9.33. The molecule has 1 aliphatic heterocycles. The number of aromatic amines is 1. The maximum atomic E-state index is 5.19. The van der Waals surface area contributed by atoms with Gasteiger partial charge in [-0.3, -0.25) is 4.90 Å². The molecule has 0 radical (unpaired) electrons. The van der Waals surface area contributed by atoms with E-state index in [2.05, 4.69) is 69.2 Å². The van der Waals surface area contributed by atoms with Gasteiger partial charge in [-0.2, -0.15) is 0 Å². The van der Waals surface area contributed by atoms with Crippen molar-refractivity contribution in [2.24, 2.45) is 0 Å². The summed E-state index contributed by atoms with van der Waals surface area (Å²) in [6, 6.07) is 15.8. The van der Waals surface area contributed by atoms with Crippen molar-refractivity contribution in [1.82, 2.24) is 24.8 Å². The van der Waals surface area contributed by atoms with Crippen LogP contribution in [0.25, 0.3) is 33.3 Å². The third kappa shape index (κ3) is 4.63. The van der Waals surface area contributed by atoms with Gasteiger partial charge in [0.2, 0.25) is 5.88 Å². The standard InChI is InChI=1S/C27H31N5O/c1-31(2)23-10-12-32(13-11-23)18-19-4-6-20(7-5-19)22-14-24-25(17-30-27(24)29-16-22)21-8-9-26(33-3)28-15-21/h4-9,14-17,23H,10-13,18H2,1-3H3,(H,29,30). The first-order chi connectivity index (χ1) is 16.1. The first-order valence-electron chi connectivity index (χ1n) is 11.6. The Kier molecular flexibility index (Phi) is 6.11. The van der Waals surface area contributed by atoms with Gasteiger partial charge in [0.1, 0.15) is 5.65 Å². The van der Waals surface area contributed by atoms with E-state index in [-0.39, 0.29) is 0 Å². The van der Waals surface area contributed by atoms with Crippen molar-refractivity contribution < 1.29 is 4.74 Å². The zero-order chi connectivity index (χ0) is 22.8. The largest absolute Gasteiger partial charge is 0.481 e. The third-order valence-corrected chi connectivity index (χ3v) is 6.77. The highest BCUT2D eigenvalue weighted by Gasteiger charge is 2.20. The van der Waals surface area contributed by atoms with Crippen molar-refractivity contribution in [2.45, 2.75) is 25.4 Å². The number of rotatable bonds is 6. The summed E-state index contributed by atoms with van der Waals surface area (Å²) in [7, 11) is 6.01. The molecule has 6 nitrogen and oxygen atoms in total. The van der Waals surface area contributed by atoms with E-state index in [0.29, 0.717) is 5.88 Å². The highest BCUT2D eigenvalue weighted by atomic mass is 16.5. The Labute approximate surface area is 195 Å². The van der Waals surface area contributed by atoms with E-state index in [1.165, 1.54) is 37.1 Å². The van der Waals surface area contributed by atoms with Crippen molar-refractivity contribution in [2.75, 3.05) is 34.3 Å². The fraction of sp³-hybridized carbons (Fsp3) is 0.333. The highest BCUT2D eigenvalue weighted by Crippen LogP contribution is 2.31. The molecule has 0 bridgehead atoms. The van der Waals surface area contributed by atoms with Gasteiger partial charge < -0.3 is 14.6 Å². The highest BCUT2D eigenvalue weighted by molar-refractivity contribution is 5.95. The summed E-state index contributed by atoms with van der Waals surface area (Å²) in [5, 5.41) is 1.09. The number of aromatic nitrogens is 3. The lowest BCUT2D eigenvalue weighted by molar-refractivity contribution is 0.140. The number of nitrogens with zero attached hydrogens (tertiary/aromatic N) is 4. The van der Waals surface area contributed by atoms with Crippen LogP contribution >= 0.6 is 0 Å². The number of methoxy groups -OCH3 is 1. The zero-order valence-corrected chi connectivity index (χ0v) is 19.6. The van der Waals surface area contributed by atoms with E-state index < -0.39 is 0 Å². The number of H-pyrrole nitrogens is 1. The van der Waals surface area contributed by atoms with Gasteiger partial charge in [-0.15, -0.1) is 0 Å². The summed E-state index contributed by atoms with van der Waals surface area (Å²) >= 11 is 0. The molecule has 170 valence electrons. The van der Waals surface area contributed by atoms with Crippen LogP contribution in [0.3, 0.4) is 0 Å². The number of piperidine rings is 1. The van der Waals surface area contributed by atoms with Crippen LogP contribution in [0.5, 0.6) is 5.88 Å². The first kappa shape index (κ1) is 21.6. The molecule has 0 amide bonds. The average molecular weight is 442 g/mol. The Balaban J connectivity index is 1.33. The van der Waals surface area contributed by atoms with Crippen LogP contribution in [-0.2, 0) is 6.54 Å². The number of benzene rings is 1. The predicted molar refractivity (Wildman–Crippen MR) is 133 cm³/mol. The van der Waals surface area contributed by atoms with Crippen molar-refractivity contribution in [3.05, 3.63) is 66.6 Å². The molecule has 33 heavy (non-hydrogen) atoms. The molecule has 0 aliphatic carbocycles. The lowest BCUT2D eigenvalue weighted by atomic mass is 10.0. The van der Waals surface area contributed by atoms with Gasteiger partial charge in [-0.25, -0.2) is 9.97 Å². The Morgan fingerprint density at radius 1 is 0.970 bits per heavy atom. The number of ether oxygens (including phenoxy) is 1. The molecule has 6 heteroatoms. The Morgan fingerprint density at radius 3 is 2.36 bits per heavy atom. The molecule has 0 saturated carbocycles. The van der Waals surface area contributed by atoms with Crippen molar-refractivity contribution in [1.29, 1.82) is 0 Å². The molecule has 0 unspecified atom stereocenters. The molecule has 0 atom stereocenters. The van der Waals surface area contributed by atoms with Crippen LogP contribution < -0.4 is 4.74 Å². The minimum Gasteiger partial charge on any atom is -0.481 e. The Hall–Kier alpha value is -3.22. The lowest BCUT2D eigenvalue weighted by Crippen LogP contribution is -2.41. The molecular weight excluding hydrogens is 410 g/mol. The van der Waals surface area contributed by atoms with Crippen molar-refractivity contribution >= 4 is 11.0 Å². The average Bonchev–Trinajstić information content (AvgIpc) is 3.28. The van der Waals surface area contributed by atoms with Gasteiger partial charge in [0.25, 0.3) is 0 Å². The van der Waals surface area contributed by atoms with Gasteiger partial charge >= 0.3 is 0 Å². The Morgan fingerprint density at radius 2 is 1.70 bits per heavy atom. The second-order valence-electron chi connectivity index (χ2n) is 9.08. The predicted octanol–water partition coefficient (Wildman–Crippen LogP) is 4.83. The summed E-state index contributed by atoms with van der Waals surface area (Å²) in [4.78, 5) is 17.2. The van der Waals surface area contributed by atoms with Gasteiger partial charge in [-0.1, -0.05) is 24.3 Å². The Bertz CT molecular complexity index is 1210. The second-order valence-corrected chi connectivity index (χ2v) is 9.08. The molecule has 5 rings (SSSR count). The van der Waals surface area contributed by atoms with Crippen molar-refractivity contribution in [3.63, 3.8) is 0 Å². The molecular formula is C27H31N5O. The monoisotopic (exact) mass is 441 g/mol. The molecule has 1 aliphatic rings. The summed E-state index contributed by atoms with van der Waals surface area (Å²) in [5.41, 5.74) is 6.66. The van der Waals surface area contributed by atoms with Crippen LogP contribution in [0.15, 0.2) is 61.1 Å². The number of hydrogen-bond acceptors (Lipinski definition) is 5. The first-order valence-corrected chi connectivity index (χ1v) is 11.6. The van der Waals surface area contributed by atoms with Gasteiger partial charge in [0.15, 0.2) is 0 Å². The summed E-state index contributed by atoms with van der Waals surface area (Å²) in [6.07, 6.45) is 8.27. The van der Waals surface area contributed by atoms with E-state index in [0.717, 1.165) is 40.3 Å². The molecule has 1 aromatic carbocycles. The fourth-order valence-electron chi connectivity index (χ4n) is 4.72. The number of hydrogen-bond donors (Lipinski definition) is 1. The van der Waals surface area contributed by atoms with Crippen LogP contribution in [0.1, 0.15) is 18.4 Å². The van der Waals surface area contributed by atoms with Crippen LogP contribution in [0.4, 0.5) is 0 Å². The van der Waals surface area contributed by atoms with E-state index in [1.807, 2.05) is 30.7 Å². The summed E-state index contributed by atoms with van der Waals surface area (Å²) in [6.45, 7) is 3.35. The SMILES string of the molecule is COc1ccc(-c2c[nH]c3ncc(-c4ccc(CN5CCC(N(C)C)CC5)cc4)cc23)cn1. The number of fused-ring (bicyclic) bond motifs is 1. The molecule has 1 saturated heterocycles. The van der Waals surface area contributed by atoms with Gasteiger partial charge in [0.05, 0.1) is 7.11 Å². The molecule has 1 N–H and O–H groups in total. The van der Waals surface area contributed by atoms with E-state index in [4.69, 9.17) is 4.74 Å². The van der Waals surface area contributed by atoms with Crippen LogP contribution in [-0.4, -0.2) is 65.1 Å². The topological polar surface area (TPSA) is 57.3 Å². The maximum Gasteiger partial charge on any atom is 0.212 e. The van der Waals surface area contributed by atoms with E-state index >= 15 is 0 Å². The summed E-state index contributed by atoms with van der Waals surface area (Å²) in [5.74, 6) is 0.611. The normalized spacial score (nSPS) is 15.4. The van der Waals surface area contributed by atoms with Gasteiger partial charge in [0, 0.05) is 59.3 Å². The number of nitrogens with one attached hydrogen (secondary N) is 1. The van der Waals surface area contributed by atoms with Crippen molar-refractivity contribution in [3.8, 4) is 28.1 Å². The quantitative estimate of drug-likeness (QED) is 0.465.